The van der Waals surface area contributed by atoms with Crippen LogP contribution in [0.25, 0.3) is 0 Å². The van der Waals surface area contributed by atoms with E-state index in [1.165, 1.54) is 0 Å². The lowest BCUT2D eigenvalue weighted by Crippen LogP contribution is -2.18. The van der Waals surface area contributed by atoms with Gasteiger partial charge in [0, 0.05) is 6.42 Å². The molecule has 0 aliphatic carbocycles. The minimum absolute atomic E-state index is 0.0851. The quantitative estimate of drug-likeness (QED) is 0.568. The number of para-hydroxylation sites is 1. The monoisotopic (exact) mass is 219 g/mol. The average Bonchev–Trinajstić information content (AvgIpc) is 2.28. The second-order valence-corrected chi connectivity index (χ2v) is 3.53. The van der Waals surface area contributed by atoms with Gasteiger partial charge >= 0.3 is 0 Å². The van der Waals surface area contributed by atoms with E-state index in [0.717, 1.165) is 18.5 Å². The molecular weight excluding hydrogens is 202 g/mol. The Kier molecular flexibility index (Phi) is 5.05. The lowest BCUT2D eigenvalue weighted by atomic mass is 10.2. The first kappa shape index (κ1) is 12.2. The first-order valence-corrected chi connectivity index (χ1v) is 5.25. The van der Waals surface area contributed by atoms with Crippen LogP contribution >= 0.6 is 0 Å². The molecule has 0 fully saturated rings. The summed E-state index contributed by atoms with van der Waals surface area (Å²) in [5.74, 6) is 1.33. The Bertz CT molecular complexity index is 349. The lowest BCUT2D eigenvalue weighted by molar-refractivity contribution is 0.213. The highest BCUT2D eigenvalue weighted by molar-refractivity contribution is 5.86. The number of nitrogens with two attached hydrogens (primary N) is 1. The van der Waals surface area contributed by atoms with E-state index in [4.69, 9.17) is 15.9 Å². The van der Waals surface area contributed by atoms with Crippen LogP contribution in [0.2, 0.25) is 0 Å². The molecule has 0 saturated carbocycles. The van der Waals surface area contributed by atoms with Gasteiger partial charge in [0.2, 0.25) is 0 Å². The Morgan fingerprint density at radius 3 is 2.81 bits per heavy atom. The van der Waals surface area contributed by atoms with E-state index in [2.05, 4.69) is 4.99 Å². The Hall–Kier alpha value is -1.84. The highest BCUT2D eigenvalue weighted by atomic mass is 16.5. The van der Waals surface area contributed by atoms with E-state index in [0.29, 0.717) is 12.3 Å². The highest BCUT2D eigenvalue weighted by Crippen LogP contribution is 2.12. The smallest absolute Gasteiger partial charge is 0.119 e. The van der Waals surface area contributed by atoms with E-state index >= 15 is 0 Å². The standard InChI is InChI=1S/C12H17N3O/c1-10(7-8-12(14)15-9-13)16-11-5-3-2-4-6-11/h2-6,9-10H,7-8H2,1H3,(H3,13,14,15). The molecule has 0 saturated heterocycles. The Labute approximate surface area is 95.7 Å². The maximum atomic E-state index is 6.77. The predicted octanol–water partition coefficient (Wildman–Crippen LogP) is 2.20. The van der Waals surface area contributed by atoms with Crippen molar-refractivity contribution in [3.63, 3.8) is 0 Å². The molecule has 4 nitrogen and oxygen atoms in total. The van der Waals surface area contributed by atoms with Crippen LogP contribution in [0.15, 0.2) is 35.3 Å². The number of rotatable bonds is 6. The van der Waals surface area contributed by atoms with Crippen LogP contribution in [-0.4, -0.2) is 18.3 Å². The van der Waals surface area contributed by atoms with Crippen molar-refractivity contribution in [1.29, 1.82) is 5.41 Å². The molecule has 3 N–H and O–H groups in total. The molecule has 4 heteroatoms. The third-order valence-corrected chi connectivity index (χ3v) is 2.12. The highest BCUT2D eigenvalue weighted by Gasteiger charge is 2.04. The summed E-state index contributed by atoms with van der Waals surface area (Å²) in [6, 6.07) is 9.67. The van der Waals surface area contributed by atoms with Gasteiger partial charge in [0.25, 0.3) is 0 Å². The van der Waals surface area contributed by atoms with Gasteiger partial charge in [-0.3, -0.25) is 5.41 Å². The van der Waals surface area contributed by atoms with Crippen molar-refractivity contribution in [1.82, 2.24) is 0 Å². The Morgan fingerprint density at radius 2 is 2.19 bits per heavy atom. The first-order chi connectivity index (χ1) is 7.72. The van der Waals surface area contributed by atoms with Gasteiger partial charge in [-0.1, -0.05) is 18.2 Å². The van der Waals surface area contributed by atoms with Crippen LogP contribution in [-0.2, 0) is 0 Å². The normalized spacial score (nSPS) is 13.2. The van der Waals surface area contributed by atoms with Crippen LogP contribution in [0.4, 0.5) is 0 Å². The molecule has 16 heavy (non-hydrogen) atoms. The Balaban J connectivity index is 2.34. The summed E-state index contributed by atoms with van der Waals surface area (Å²) >= 11 is 0. The number of nitrogens with one attached hydrogen (secondary N) is 1. The van der Waals surface area contributed by atoms with Gasteiger partial charge in [0.1, 0.15) is 17.9 Å². The van der Waals surface area contributed by atoms with Crippen molar-refractivity contribution in [2.45, 2.75) is 25.9 Å². The summed E-state index contributed by atoms with van der Waals surface area (Å²) in [5, 5.41) is 6.77. The van der Waals surface area contributed by atoms with Gasteiger partial charge in [0.05, 0.1) is 6.10 Å². The summed E-state index contributed by atoms with van der Waals surface area (Å²) in [7, 11) is 0. The van der Waals surface area contributed by atoms with Gasteiger partial charge in [-0.2, -0.15) is 0 Å². The molecule has 1 atom stereocenters. The van der Waals surface area contributed by atoms with Gasteiger partial charge < -0.3 is 10.5 Å². The summed E-state index contributed by atoms with van der Waals surface area (Å²) < 4.78 is 5.68. The molecule has 0 aliphatic rings. The number of hydrogen-bond acceptors (Lipinski definition) is 2. The minimum Gasteiger partial charge on any atom is -0.491 e. The topological polar surface area (TPSA) is 71.5 Å². The minimum atomic E-state index is 0.0851. The van der Waals surface area contributed by atoms with Crippen LogP contribution in [0, 0.1) is 5.41 Å². The van der Waals surface area contributed by atoms with Crippen LogP contribution < -0.4 is 10.5 Å². The zero-order valence-corrected chi connectivity index (χ0v) is 9.39. The number of hydrogen-bond donors (Lipinski definition) is 2. The molecule has 0 radical (unpaired) electrons. The fraction of sp³-hybridized carbons (Fsp3) is 0.333. The molecule has 1 aromatic carbocycles. The first-order valence-electron chi connectivity index (χ1n) is 5.25. The van der Waals surface area contributed by atoms with Crippen LogP contribution in [0.1, 0.15) is 19.8 Å². The van der Waals surface area contributed by atoms with E-state index in [9.17, 15) is 0 Å². The van der Waals surface area contributed by atoms with Crippen molar-refractivity contribution in [2.24, 2.45) is 10.7 Å². The van der Waals surface area contributed by atoms with Gasteiger partial charge in [-0.15, -0.1) is 0 Å². The fourth-order valence-electron chi connectivity index (χ4n) is 1.29. The molecule has 0 spiro atoms. The molecule has 0 amide bonds. The van der Waals surface area contributed by atoms with Crippen LogP contribution in [0.3, 0.4) is 0 Å². The van der Waals surface area contributed by atoms with E-state index in [1.807, 2.05) is 37.3 Å². The largest absolute Gasteiger partial charge is 0.491 e. The van der Waals surface area contributed by atoms with E-state index in [-0.39, 0.29) is 6.10 Å². The maximum absolute atomic E-state index is 6.77. The molecular formula is C12H17N3O. The second kappa shape index (κ2) is 6.61. The summed E-state index contributed by atoms with van der Waals surface area (Å²) in [4.78, 5) is 3.68. The summed E-state index contributed by atoms with van der Waals surface area (Å²) in [6.45, 7) is 1.99. The van der Waals surface area contributed by atoms with Gasteiger partial charge in [-0.05, 0) is 25.5 Å². The van der Waals surface area contributed by atoms with Crippen molar-refractivity contribution in [3.8, 4) is 5.75 Å². The van der Waals surface area contributed by atoms with Crippen molar-refractivity contribution in [2.75, 3.05) is 0 Å². The zero-order valence-electron chi connectivity index (χ0n) is 9.39. The van der Waals surface area contributed by atoms with Crippen LogP contribution in [0.5, 0.6) is 5.75 Å². The second-order valence-electron chi connectivity index (χ2n) is 3.53. The zero-order chi connectivity index (χ0) is 11.8. The van der Waals surface area contributed by atoms with Gasteiger partial charge in [0.15, 0.2) is 0 Å². The molecule has 0 heterocycles. The molecule has 86 valence electrons. The third-order valence-electron chi connectivity index (χ3n) is 2.12. The number of nitrogens with zero attached hydrogens (tertiary/aromatic N) is 1. The summed E-state index contributed by atoms with van der Waals surface area (Å²) in [5.41, 5.74) is 5.57. The van der Waals surface area contributed by atoms with Crippen molar-refractivity contribution < 1.29 is 4.74 Å². The van der Waals surface area contributed by atoms with Gasteiger partial charge in [-0.25, -0.2) is 4.99 Å². The maximum Gasteiger partial charge on any atom is 0.119 e. The number of aliphatic imine (C=N–C) groups is 1. The lowest BCUT2D eigenvalue weighted by Gasteiger charge is -2.14. The summed E-state index contributed by atoms with van der Waals surface area (Å²) in [6.07, 6.45) is 2.47. The van der Waals surface area contributed by atoms with Crippen molar-refractivity contribution >= 4 is 12.2 Å². The molecule has 1 rings (SSSR count). The molecule has 1 unspecified atom stereocenters. The molecule has 1 aromatic rings. The van der Waals surface area contributed by atoms with E-state index in [1.54, 1.807) is 0 Å². The number of benzene rings is 1. The molecule has 0 aliphatic heterocycles. The van der Waals surface area contributed by atoms with E-state index < -0.39 is 0 Å². The van der Waals surface area contributed by atoms with Crippen molar-refractivity contribution in [3.05, 3.63) is 30.3 Å². The molecule has 0 aromatic heterocycles. The fourth-order valence-corrected chi connectivity index (χ4v) is 1.29. The number of amidine groups is 1. The third kappa shape index (κ3) is 4.59. The predicted molar refractivity (Wildman–Crippen MR) is 66.2 cm³/mol. The number of ether oxygens (including phenoxy) is 1. The SMILES string of the molecule is CC(CC/C(N)=N\C=N)Oc1ccccc1. The Morgan fingerprint density at radius 1 is 1.50 bits per heavy atom. The molecule has 0 bridgehead atoms. The average molecular weight is 219 g/mol.